The summed E-state index contributed by atoms with van der Waals surface area (Å²) in [7, 11) is 0. The first-order valence-corrected chi connectivity index (χ1v) is 6.52. The molecular formula is C5H10HgO3. The van der Waals surface area contributed by atoms with E-state index >= 15 is 0 Å². The van der Waals surface area contributed by atoms with Crippen LogP contribution in [0.2, 0.25) is 3.93 Å². The maximum absolute atomic E-state index is 10.2. The Labute approximate surface area is 71.0 Å². The number of ether oxygens (including phenoxy) is 1. The minimum Gasteiger partial charge on any atom is -0.870 e. The zero-order chi connectivity index (χ0) is 6.57. The van der Waals surface area contributed by atoms with Gasteiger partial charge in [0.05, 0.1) is 0 Å². The Morgan fingerprint density at radius 1 is 1.78 bits per heavy atom. The number of hydrogen-bond acceptors (Lipinski definition) is 3. The SMILES string of the molecule is CC(=O)OC(C)[CH2][203Hg+].[OH-]. The van der Waals surface area contributed by atoms with Gasteiger partial charge < -0.3 is 5.48 Å². The van der Waals surface area contributed by atoms with Gasteiger partial charge in [-0.15, -0.1) is 0 Å². The van der Waals surface area contributed by atoms with Crippen LogP contribution in [0.3, 0.4) is 0 Å². The molecule has 1 unspecified atom stereocenters. The van der Waals surface area contributed by atoms with Crippen LogP contribution in [0.5, 0.6) is 0 Å². The molecule has 1 atom stereocenters. The van der Waals surface area contributed by atoms with Crippen LogP contribution in [0.15, 0.2) is 0 Å². The molecule has 0 aromatic heterocycles. The Bertz CT molecular complexity index is 84.3. The molecule has 0 aliphatic rings. The fourth-order valence-electron chi connectivity index (χ4n) is 0.342. The van der Waals surface area contributed by atoms with Crippen LogP contribution in [0.4, 0.5) is 0 Å². The summed E-state index contributed by atoms with van der Waals surface area (Å²) in [6.07, 6.45) is 0.163. The zero-order valence-corrected chi connectivity index (χ0v) is 11.3. The molecule has 0 saturated carbocycles. The van der Waals surface area contributed by atoms with Gasteiger partial charge in [0.2, 0.25) is 0 Å². The molecule has 4 heteroatoms. The van der Waals surface area contributed by atoms with Gasteiger partial charge in [-0.05, 0) is 0 Å². The molecule has 0 rings (SSSR count). The molecule has 0 radical (unpaired) electrons. The van der Waals surface area contributed by atoms with Gasteiger partial charge in [0.1, 0.15) is 0 Å². The standard InChI is InChI=1S/C5H9O2.Hg.H2O/c1-4(2)7-5(3)6;;/h4H,1H2,2-3H3;;1H2/q;+1;/p-1/i;1+2;. The average molecular weight is 321 g/mol. The van der Waals surface area contributed by atoms with Crippen LogP contribution in [0.1, 0.15) is 13.8 Å². The second kappa shape index (κ2) is 6.48. The molecule has 9 heavy (non-hydrogen) atoms. The summed E-state index contributed by atoms with van der Waals surface area (Å²) >= 11 is 0.750. The van der Waals surface area contributed by atoms with E-state index in [0.29, 0.717) is 0 Å². The second-order valence-corrected chi connectivity index (χ2v) is 3.95. The molecule has 0 bridgehead atoms. The third-order valence-electron chi connectivity index (χ3n) is 0.774. The van der Waals surface area contributed by atoms with Gasteiger partial charge in [0.15, 0.2) is 0 Å². The van der Waals surface area contributed by atoms with E-state index in [1.807, 2.05) is 6.92 Å². The molecule has 0 spiro atoms. The van der Waals surface area contributed by atoms with Crippen molar-refractivity contribution in [2.75, 3.05) is 0 Å². The minimum atomic E-state index is -0.164. The van der Waals surface area contributed by atoms with E-state index in [1.54, 1.807) is 0 Å². The van der Waals surface area contributed by atoms with E-state index in [0.717, 1.165) is 30.1 Å². The molecule has 0 aliphatic heterocycles. The quantitative estimate of drug-likeness (QED) is 0.556. The van der Waals surface area contributed by atoms with Crippen molar-refractivity contribution < 1.29 is 41.1 Å². The van der Waals surface area contributed by atoms with E-state index in [2.05, 4.69) is 0 Å². The first kappa shape index (κ1) is 12.1. The summed E-state index contributed by atoms with van der Waals surface area (Å²) in [5.74, 6) is -0.164. The van der Waals surface area contributed by atoms with E-state index in [9.17, 15) is 4.79 Å². The summed E-state index contributed by atoms with van der Waals surface area (Å²) in [5, 5.41) is 0. The van der Waals surface area contributed by atoms with Crippen LogP contribution < -0.4 is 0 Å². The predicted molar refractivity (Wildman–Crippen MR) is 28.0 cm³/mol. The molecule has 1 N–H and O–H groups in total. The number of carbonyl (C=O) groups excluding carboxylic acids is 1. The number of carbonyl (C=O) groups is 1. The first-order valence-electron chi connectivity index (χ1n) is 2.63. The Balaban J connectivity index is 0. The zero-order valence-electron chi connectivity index (χ0n) is 5.76. The molecule has 0 fully saturated rings. The van der Waals surface area contributed by atoms with Gasteiger partial charge in [-0.2, -0.15) is 0 Å². The summed E-state index contributed by atoms with van der Waals surface area (Å²) in [6.45, 7) is 3.37. The predicted octanol–water partition coefficient (Wildman–Crippen LogP) is 0.726. The molecule has 0 aromatic rings. The van der Waals surface area contributed by atoms with Gasteiger partial charge >= 0.3 is 65.5 Å². The molecule has 50 valence electrons. The van der Waals surface area contributed by atoms with Gasteiger partial charge in [0, 0.05) is 0 Å². The smallest absolute Gasteiger partial charge is 0.870 e. The summed E-state index contributed by atoms with van der Waals surface area (Å²) in [4.78, 5) is 10.2. The Hall–Kier alpha value is 0.365. The first-order chi connectivity index (χ1) is 3.66. The van der Waals surface area contributed by atoms with Crippen molar-refractivity contribution in [2.45, 2.75) is 23.9 Å². The van der Waals surface area contributed by atoms with E-state index < -0.39 is 0 Å². The maximum Gasteiger partial charge on any atom is -0.870 e. The van der Waals surface area contributed by atoms with Gasteiger partial charge in [-0.3, -0.25) is 0 Å². The molecule has 0 saturated heterocycles. The average Bonchev–Trinajstić information content (AvgIpc) is 1.65. The maximum atomic E-state index is 10.2. The van der Waals surface area contributed by atoms with Crippen LogP contribution in [-0.4, -0.2) is 17.5 Å². The number of hydrogen-bond donors (Lipinski definition) is 0. The van der Waals surface area contributed by atoms with Crippen molar-refractivity contribution in [2.24, 2.45) is 0 Å². The fourth-order valence-corrected chi connectivity index (χ4v) is 0.800. The van der Waals surface area contributed by atoms with E-state index in [1.165, 1.54) is 6.92 Å². The number of esters is 1. The third-order valence-corrected chi connectivity index (χ3v) is 3.93. The Kier molecular flexibility index (Phi) is 8.70. The van der Waals surface area contributed by atoms with Crippen LogP contribution in [0, 0.1) is 0 Å². The summed E-state index contributed by atoms with van der Waals surface area (Å²) < 4.78 is 5.89. The van der Waals surface area contributed by atoms with E-state index in [-0.39, 0.29) is 17.5 Å². The molecule has 0 amide bonds. The van der Waals surface area contributed by atoms with Crippen LogP contribution in [-0.2, 0) is 35.7 Å². The van der Waals surface area contributed by atoms with Gasteiger partial charge in [0.25, 0.3) is 0 Å². The molecule has 3 nitrogen and oxygen atoms in total. The third kappa shape index (κ3) is 8.37. The summed E-state index contributed by atoms with van der Waals surface area (Å²) in [5.41, 5.74) is 0. The van der Waals surface area contributed by atoms with Crippen LogP contribution >= 0.6 is 0 Å². The van der Waals surface area contributed by atoms with Gasteiger partial charge in [-0.25, -0.2) is 0 Å². The normalized spacial score (nSPS) is 11.6. The van der Waals surface area contributed by atoms with Crippen LogP contribution in [0.25, 0.3) is 0 Å². The molecular weight excluding hydrogens is 311 g/mol. The largest absolute Gasteiger partial charge is 0.870 e. The monoisotopic (exact) mass is 321 g/mol. The second-order valence-electron chi connectivity index (χ2n) is 1.71. The molecule has 0 heterocycles. The van der Waals surface area contributed by atoms with Crippen molar-refractivity contribution >= 4 is 5.97 Å². The van der Waals surface area contributed by atoms with Crippen molar-refractivity contribution in [3.8, 4) is 0 Å². The summed E-state index contributed by atoms with van der Waals surface area (Å²) in [6, 6.07) is 0. The number of rotatable bonds is 2. The Morgan fingerprint density at radius 3 is 2.33 bits per heavy atom. The van der Waals surface area contributed by atoms with E-state index in [4.69, 9.17) is 4.74 Å². The van der Waals surface area contributed by atoms with Crippen molar-refractivity contribution in [1.82, 2.24) is 0 Å². The molecule has 0 aliphatic carbocycles. The minimum absolute atomic E-state index is 0. The van der Waals surface area contributed by atoms with Gasteiger partial charge in [-0.1, -0.05) is 0 Å². The van der Waals surface area contributed by atoms with Crippen molar-refractivity contribution in [3.05, 3.63) is 0 Å². The fraction of sp³-hybridized carbons (Fsp3) is 0.800. The van der Waals surface area contributed by atoms with Crippen molar-refractivity contribution in [1.29, 1.82) is 0 Å². The topological polar surface area (TPSA) is 56.3 Å². The van der Waals surface area contributed by atoms with Crippen molar-refractivity contribution in [3.63, 3.8) is 0 Å². The molecule has 0 aromatic carbocycles. The Morgan fingerprint density at radius 2 is 2.22 bits per heavy atom.